The van der Waals surface area contributed by atoms with E-state index in [9.17, 15) is 0 Å². The Hall–Kier alpha value is -0.820. The molecule has 3 unspecified atom stereocenters. The van der Waals surface area contributed by atoms with E-state index in [2.05, 4.69) is 51.2 Å². The summed E-state index contributed by atoms with van der Waals surface area (Å²) in [6, 6.07) is 7.35. The van der Waals surface area contributed by atoms with E-state index in [-0.39, 0.29) is 0 Å². The molecule has 1 saturated carbocycles. The van der Waals surface area contributed by atoms with Crippen molar-refractivity contribution in [3.8, 4) is 0 Å². The van der Waals surface area contributed by atoms with Crippen molar-refractivity contribution < 1.29 is 0 Å². The van der Waals surface area contributed by atoms with Gasteiger partial charge in [0.2, 0.25) is 0 Å². The summed E-state index contributed by atoms with van der Waals surface area (Å²) < 4.78 is 0. The van der Waals surface area contributed by atoms with Crippen LogP contribution in [0.5, 0.6) is 0 Å². The molecule has 20 heavy (non-hydrogen) atoms. The summed E-state index contributed by atoms with van der Waals surface area (Å²) in [5, 5.41) is 3.78. The van der Waals surface area contributed by atoms with Gasteiger partial charge in [-0.2, -0.15) is 0 Å². The molecule has 0 amide bonds. The minimum Gasteiger partial charge on any atom is -0.310 e. The Labute approximate surface area is 125 Å². The van der Waals surface area contributed by atoms with Crippen LogP contribution in [-0.4, -0.2) is 6.54 Å². The standard InChI is InChI=1S/C19H31N/c1-5-16-10-8-11-17(13-16)19(20-6-2)18-12-7-9-14(3)15(18)4/h7,9,12,16-17,19-20H,5-6,8,10-11,13H2,1-4H3. The van der Waals surface area contributed by atoms with Gasteiger partial charge in [-0.25, -0.2) is 0 Å². The molecule has 1 aromatic rings. The van der Waals surface area contributed by atoms with E-state index in [4.69, 9.17) is 0 Å². The summed E-state index contributed by atoms with van der Waals surface area (Å²) in [5.74, 6) is 1.76. The van der Waals surface area contributed by atoms with Gasteiger partial charge in [-0.15, -0.1) is 0 Å². The number of benzene rings is 1. The van der Waals surface area contributed by atoms with Gasteiger partial charge in [0.05, 0.1) is 0 Å². The molecule has 0 saturated heterocycles. The molecule has 1 aliphatic carbocycles. The van der Waals surface area contributed by atoms with Gasteiger partial charge in [0.1, 0.15) is 0 Å². The minimum atomic E-state index is 0.550. The third-order valence-corrected chi connectivity index (χ3v) is 5.28. The van der Waals surface area contributed by atoms with E-state index in [0.29, 0.717) is 6.04 Å². The lowest BCUT2D eigenvalue weighted by Crippen LogP contribution is -2.32. The van der Waals surface area contributed by atoms with Crippen molar-refractivity contribution in [3.05, 3.63) is 34.9 Å². The minimum absolute atomic E-state index is 0.550. The maximum Gasteiger partial charge on any atom is 0.0351 e. The van der Waals surface area contributed by atoms with Crippen molar-refractivity contribution in [2.24, 2.45) is 11.8 Å². The van der Waals surface area contributed by atoms with Crippen molar-refractivity contribution in [2.45, 2.75) is 65.8 Å². The summed E-state index contributed by atoms with van der Waals surface area (Å²) in [6.07, 6.45) is 7.00. The van der Waals surface area contributed by atoms with Crippen LogP contribution in [0.4, 0.5) is 0 Å². The maximum atomic E-state index is 3.78. The highest BCUT2D eigenvalue weighted by Gasteiger charge is 2.29. The first-order chi connectivity index (χ1) is 9.67. The van der Waals surface area contributed by atoms with Gasteiger partial charge in [-0.1, -0.05) is 51.3 Å². The summed E-state index contributed by atoms with van der Waals surface area (Å²) >= 11 is 0. The molecule has 0 radical (unpaired) electrons. The maximum absolute atomic E-state index is 3.78. The van der Waals surface area contributed by atoms with E-state index in [1.165, 1.54) is 48.8 Å². The zero-order valence-corrected chi connectivity index (χ0v) is 13.7. The second kappa shape index (κ2) is 7.26. The predicted molar refractivity (Wildman–Crippen MR) is 88.1 cm³/mol. The fourth-order valence-electron chi connectivity index (χ4n) is 3.87. The molecule has 0 spiro atoms. The van der Waals surface area contributed by atoms with Crippen molar-refractivity contribution >= 4 is 0 Å². The zero-order valence-electron chi connectivity index (χ0n) is 13.7. The predicted octanol–water partition coefficient (Wildman–Crippen LogP) is 5.17. The van der Waals surface area contributed by atoms with Gasteiger partial charge >= 0.3 is 0 Å². The highest BCUT2D eigenvalue weighted by molar-refractivity contribution is 5.35. The van der Waals surface area contributed by atoms with E-state index in [1.807, 2.05) is 0 Å². The van der Waals surface area contributed by atoms with Gasteiger partial charge in [0, 0.05) is 6.04 Å². The van der Waals surface area contributed by atoms with Gasteiger partial charge in [0.25, 0.3) is 0 Å². The average Bonchev–Trinajstić information content (AvgIpc) is 2.48. The van der Waals surface area contributed by atoms with Crippen molar-refractivity contribution in [3.63, 3.8) is 0 Å². The van der Waals surface area contributed by atoms with E-state index in [0.717, 1.165) is 18.4 Å². The molecule has 1 aromatic carbocycles. The molecule has 1 nitrogen and oxygen atoms in total. The molecular formula is C19H31N. The Bertz CT molecular complexity index is 424. The number of hydrogen-bond donors (Lipinski definition) is 1. The van der Waals surface area contributed by atoms with E-state index in [1.54, 1.807) is 0 Å². The Morgan fingerprint density at radius 1 is 1.20 bits per heavy atom. The summed E-state index contributed by atoms with van der Waals surface area (Å²) in [7, 11) is 0. The van der Waals surface area contributed by atoms with Crippen molar-refractivity contribution in [2.75, 3.05) is 6.54 Å². The first kappa shape index (κ1) is 15.6. The van der Waals surface area contributed by atoms with Gasteiger partial charge < -0.3 is 5.32 Å². The number of nitrogens with one attached hydrogen (secondary N) is 1. The molecule has 1 N–H and O–H groups in total. The summed E-state index contributed by atoms with van der Waals surface area (Å²) in [4.78, 5) is 0. The molecule has 0 aliphatic heterocycles. The number of hydrogen-bond acceptors (Lipinski definition) is 1. The normalized spacial score (nSPS) is 24.6. The van der Waals surface area contributed by atoms with Gasteiger partial charge in [-0.3, -0.25) is 0 Å². The van der Waals surface area contributed by atoms with Crippen LogP contribution in [0.2, 0.25) is 0 Å². The highest BCUT2D eigenvalue weighted by Crippen LogP contribution is 2.39. The molecule has 1 aliphatic rings. The Balaban J connectivity index is 2.23. The highest BCUT2D eigenvalue weighted by atomic mass is 14.9. The Morgan fingerprint density at radius 2 is 2.00 bits per heavy atom. The van der Waals surface area contributed by atoms with Crippen LogP contribution in [-0.2, 0) is 0 Å². The van der Waals surface area contributed by atoms with Crippen molar-refractivity contribution in [1.29, 1.82) is 0 Å². The fraction of sp³-hybridized carbons (Fsp3) is 0.684. The van der Waals surface area contributed by atoms with E-state index < -0.39 is 0 Å². The lowest BCUT2D eigenvalue weighted by molar-refractivity contribution is 0.210. The molecular weight excluding hydrogens is 242 g/mol. The Morgan fingerprint density at radius 3 is 2.70 bits per heavy atom. The number of rotatable bonds is 5. The first-order valence-corrected chi connectivity index (χ1v) is 8.46. The van der Waals surface area contributed by atoms with Gasteiger partial charge in [-0.05, 0) is 61.8 Å². The van der Waals surface area contributed by atoms with Crippen LogP contribution >= 0.6 is 0 Å². The van der Waals surface area contributed by atoms with Crippen LogP contribution < -0.4 is 5.32 Å². The third-order valence-electron chi connectivity index (χ3n) is 5.28. The average molecular weight is 273 g/mol. The summed E-state index contributed by atoms with van der Waals surface area (Å²) in [5.41, 5.74) is 4.44. The largest absolute Gasteiger partial charge is 0.310 e. The van der Waals surface area contributed by atoms with Crippen LogP contribution in [0.25, 0.3) is 0 Å². The molecule has 2 rings (SSSR count). The second-order valence-electron chi connectivity index (χ2n) is 6.53. The topological polar surface area (TPSA) is 12.0 Å². The lowest BCUT2D eigenvalue weighted by Gasteiger charge is -2.36. The molecule has 1 heteroatoms. The molecule has 3 atom stereocenters. The van der Waals surface area contributed by atoms with Crippen molar-refractivity contribution in [1.82, 2.24) is 5.32 Å². The lowest BCUT2D eigenvalue weighted by atomic mass is 9.74. The summed E-state index contributed by atoms with van der Waals surface area (Å²) in [6.45, 7) is 10.2. The van der Waals surface area contributed by atoms with Crippen LogP contribution in [0.3, 0.4) is 0 Å². The molecule has 0 heterocycles. The number of aryl methyl sites for hydroxylation is 1. The SMILES string of the molecule is CCNC(c1cccc(C)c1C)C1CCCC(CC)C1. The van der Waals surface area contributed by atoms with Crippen LogP contribution in [0.1, 0.15) is 68.7 Å². The quantitative estimate of drug-likeness (QED) is 0.780. The van der Waals surface area contributed by atoms with Crippen LogP contribution in [0.15, 0.2) is 18.2 Å². The molecule has 1 fully saturated rings. The third kappa shape index (κ3) is 3.44. The zero-order chi connectivity index (χ0) is 14.5. The molecule has 112 valence electrons. The van der Waals surface area contributed by atoms with Gasteiger partial charge in [0.15, 0.2) is 0 Å². The molecule has 0 aromatic heterocycles. The second-order valence-corrected chi connectivity index (χ2v) is 6.53. The van der Waals surface area contributed by atoms with E-state index >= 15 is 0 Å². The monoisotopic (exact) mass is 273 g/mol. The molecule has 0 bridgehead atoms. The smallest absolute Gasteiger partial charge is 0.0351 e. The van der Waals surface area contributed by atoms with Crippen LogP contribution in [0, 0.1) is 25.7 Å². The first-order valence-electron chi connectivity index (χ1n) is 8.46. The Kier molecular flexibility index (Phi) is 5.65. The fourth-order valence-corrected chi connectivity index (χ4v) is 3.87.